The largest absolute Gasteiger partial charge is 0.322 e. The summed E-state index contributed by atoms with van der Waals surface area (Å²) in [6.07, 6.45) is 2.84. The lowest BCUT2D eigenvalue weighted by Crippen LogP contribution is -2.46. The molecule has 2 heterocycles. The molecule has 1 unspecified atom stereocenters. The van der Waals surface area contributed by atoms with Crippen LogP contribution in [0, 0.1) is 0 Å². The first kappa shape index (κ1) is 12.5. The van der Waals surface area contributed by atoms with Crippen LogP contribution in [0.5, 0.6) is 0 Å². The van der Waals surface area contributed by atoms with E-state index in [1.807, 2.05) is 6.92 Å². The number of piperazine rings is 1. The Balaban J connectivity index is 1.50. The minimum Gasteiger partial charge on any atom is -0.322 e. The average molecular weight is 266 g/mol. The van der Waals surface area contributed by atoms with Crippen molar-refractivity contribution in [1.29, 1.82) is 0 Å². The molecule has 18 heavy (non-hydrogen) atoms. The molecule has 1 aromatic heterocycles. The molecule has 2 N–H and O–H groups in total. The van der Waals surface area contributed by atoms with Crippen molar-refractivity contribution in [2.24, 2.45) is 5.73 Å². The SMILES string of the molecule is CC(N)c1nc(CN2CCN(C3CC3)CC2)cs1. The highest BCUT2D eigenvalue weighted by Gasteiger charge is 2.31. The van der Waals surface area contributed by atoms with Gasteiger partial charge in [0.15, 0.2) is 0 Å². The van der Waals surface area contributed by atoms with Gasteiger partial charge in [0.2, 0.25) is 0 Å². The average Bonchev–Trinajstić information content (AvgIpc) is 3.10. The van der Waals surface area contributed by atoms with E-state index in [0.29, 0.717) is 0 Å². The summed E-state index contributed by atoms with van der Waals surface area (Å²) in [6.45, 7) is 7.81. The van der Waals surface area contributed by atoms with E-state index in [0.717, 1.165) is 17.6 Å². The van der Waals surface area contributed by atoms with Gasteiger partial charge >= 0.3 is 0 Å². The van der Waals surface area contributed by atoms with Gasteiger partial charge in [-0.2, -0.15) is 0 Å². The smallest absolute Gasteiger partial charge is 0.109 e. The molecule has 1 aliphatic heterocycles. The maximum atomic E-state index is 5.85. The Kier molecular flexibility index (Phi) is 3.66. The Bertz CT molecular complexity index is 391. The lowest BCUT2D eigenvalue weighted by molar-refractivity contribution is 0.120. The summed E-state index contributed by atoms with van der Waals surface area (Å²) >= 11 is 1.69. The third-order valence-corrected chi connectivity index (χ3v) is 4.91. The van der Waals surface area contributed by atoms with E-state index in [-0.39, 0.29) is 6.04 Å². The van der Waals surface area contributed by atoms with Gasteiger partial charge < -0.3 is 5.73 Å². The normalized spacial score (nSPS) is 24.3. The standard InChI is InChI=1S/C13H22N4S/c1-10(14)13-15-11(9-18-13)8-16-4-6-17(7-5-16)12-2-3-12/h9-10,12H,2-8,14H2,1H3. The van der Waals surface area contributed by atoms with E-state index in [9.17, 15) is 0 Å². The zero-order valence-corrected chi connectivity index (χ0v) is 11.8. The van der Waals surface area contributed by atoms with Crippen LogP contribution in [0.1, 0.15) is 36.5 Å². The van der Waals surface area contributed by atoms with E-state index in [4.69, 9.17) is 5.73 Å². The fraction of sp³-hybridized carbons (Fsp3) is 0.769. The van der Waals surface area contributed by atoms with Crippen LogP contribution in [0.4, 0.5) is 0 Å². The molecule has 1 atom stereocenters. The van der Waals surface area contributed by atoms with E-state index in [1.165, 1.54) is 44.7 Å². The molecule has 1 aromatic rings. The fourth-order valence-corrected chi connectivity index (χ4v) is 3.33. The molecule has 4 nitrogen and oxygen atoms in total. The molecular weight excluding hydrogens is 244 g/mol. The van der Waals surface area contributed by atoms with Crippen molar-refractivity contribution in [3.8, 4) is 0 Å². The predicted molar refractivity (Wildman–Crippen MR) is 74.6 cm³/mol. The summed E-state index contributed by atoms with van der Waals surface area (Å²) in [5, 5.41) is 3.22. The van der Waals surface area contributed by atoms with Crippen molar-refractivity contribution in [2.45, 2.75) is 38.4 Å². The van der Waals surface area contributed by atoms with Crippen LogP contribution in [0.15, 0.2) is 5.38 Å². The lowest BCUT2D eigenvalue weighted by atomic mass is 10.3. The lowest BCUT2D eigenvalue weighted by Gasteiger charge is -2.34. The molecule has 2 aliphatic rings. The van der Waals surface area contributed by atoms with Crippen molar-refractivity contribution >= 4 is 11.3 Å². The van der Waals surface area contributed by atoms with Crippen LogP contribution in [-0.4, -0.2) is 47.0 Å². The van der Waals surface area contributed by atoms with Gasteiger partial charge in [0.05, 0.1) is 11.7 Å². The van der Waals surface area contributed by atoms with Gasteiger partial charge in [-0.25, -0.2) is 4.98 Å². The summed E-state index contributed by atoms with van der Waals surface area (Å²) < 4.78 is 0. The fourth-order valence-electron chi connectivity index (χ4n) is 2.56. The van der Waals surface area contributed by atoms with Crippen molar-refractivity contribution in [3.05, 3.63) is 16.1 Å². The summed E-state index contributed by atoms with van der Waals surface area (Å²) in [5.74, 6) is 0. The molecule has 0 bridgehead atoms. The second-order valence-corrected chi connectivity index (χ2v) is 6.40. The number of thiazole rings is 1. The first-order chi connectivity index (χ1) is 8.72. The second-order valence-electron chi connectivity index (χ2n) is 5.51. The number of hydrogen-bond acceptors (Lipinski definition) is 5. The quantitative estimate of drug-likeness (QED) is 0.896. The van der Waals surface area contributed by atoms with Crippen LogP contribution in [0.2, 0.25) is 0 Å². The minimum absolute atomic E-state index is 0.0652. The maximum Gasteiger partial charge on any atom is 0.109 e. The summed E-state index contributed by atoms with van der Waals surface area (Å²) in [4.78, 5) is 9.77. The van der Waals surface area contributed by atoms with Gasteiger partial charge in [-0.15, -0.1) is 11.3 Å². The van der Waals surface area contributed by atoms with E-state index < -0.39 is 0 Å². The molecule has 1 saturated carbocycles. The van der Waals surface area contributed by atoms with Crippen molar-refractivity contribution in [2.75, 3.05) is 26.2 Å². The molecule has 0 aromatic carbocycles. The minimum atomic E-state index is 0.0652. The Morgan fingerprint density at radius 1 is 1.39 bits per heavy atom. The van der Waals surface area contributed by atoms with E-state index in [1.54, 1.807) is 11.3 Å². The van der Waals surface area contributed by atoms with Crippen molar-refractivity contribution in [3.63, 3.8) is 0 Å². The van der Waals surface area contributed by atoms with Crippen LogP contribution in [0.25, 0.3) is 0 Å². The van der Waals surface area contributed by atoms with Crippen LogP contribution >= 0.6 is 11.3 Å². The van der Waals surface area contributed by atoms with Gasteiger partial charge in [0, 0.05) is 44.1 Å². The van der Waals surface area contributed by atoms with Gasteiger partial charge in [-0.05, 0) is 19.8 Å². The molecule has 3 rings (SSSR count). The Labute approximate surface area is 113 Å². The van der Waals surface area contributed by atoms with E-state index in [2.05, 4.69) is 20.2 Å². The Morgan fingerprint density at radius 2 is 2.11 bits per heavy atom. The summed E-state index contributed by atoms with van der Waals surface area (Å²) in [5.41, 5.74) is 7.03. The van der Waals surface area contributed by atoms with Crippen LogP contribution < -0.4 is 5.73 Å². The predicted octanol–water partition coefficient (Wildman–Crippen LogP) is 1.44. The molecule has 100 valence electrons. The second kappa shape index (κ2) is 5.25. The molecule has 1 aliphatic carbocycles. The first-order valence-corrected chi connectivity index (χ1v) is 7.76. The zero-order valence-electron chi connectivity index (χ0n) is 11.0. The molecular formula is C13H22N4S. The molecule has 0 spiro atoms. The van der Waals surface area contributed by atoms with Crippen LogP contribution in [0.3, 0.4) is 0 Å². The van der Waals surface area contributed by atoms with Crippen molar-refractivity contribution < 1.29 is 0 Å². The number of aromatic nitrogens is 1. The highest BCUT2D eigenvalue weighted by atomic mass is 32.1. The van der Waals surface area contributed by atoms with Crippen LogP contribution in [-0.2, 0) is 6.54 Å². The molecule has 0 amide bonds. The molecule has 1 saturated heterocycles. The van der Waals surface area contributed by atoms with E-state index >= 15 is 0 Å². The highest BCUT2D eigenvalue weighted by Crippen LogP contribution is 2.27. The Hall–Kier alpha value is -0.490. The molecule has 0 radical (unpaired) electrons. The van der Waals surface area contributed by atoms with Crippen molar-refractivity contribution in [1.82, 2.24) is 14.8 Å². The summed E-state index contributed by atoms with van der Waals surface area (Å²) in [7, 11) is 0. The Morgan fingerprint density at radius 3 is 2.67 bits per heavy atom. The number of nitrogens with two attached hydrogens (primary N) is 1. The monoisotopic (exact) mass is 266 g/mol. The number of hydrogen-bond donors (Lipinski definition) is 1. The van der Waals surface area contributed by atoms with Gasteiger partial charge in [0.25, 0.3) is 0 Å². The first-order valence-electron chi connectivity index (χ1n) is 6.88. The van der Waals surface area contributed by atoms with Gasteiger partial charge in [0.1, 0.15) is 5.01 Å². The summed E-state index contributed by atoms with van der Waals surface area (Å²) in [6, 6.07) is 0.978. The molecule has 2 fully saturated rings. The third-order valence-electron chi connectivity index (χ3n) is 3.81. The number of rotatable bonds is 4. The third kappa shape index (κ3) is 2.91. The maximum absolute atomic E-state index is 5.85. The number of nitrogens with zero attached hydrogens (tertiary/aromatic N) is 3. The topological polar surface area (TPSA) is 45.4 Å². The van der Waals surface area contributed by atoms with Gasteiger partial charge in [-0.1, -0.05) is 0 Å². The highest BCUT2D eigenvalue weighted by molar-refractivity contribution is 7.09. The zero-order chi connectivity index (χ0) is 12.5. The van der Waals surface area contributed by atoms with Gasteiger partial charge in [-0.3, -0.25) is 9.80 Å². The molecule has 5 heteroatoms.